The minimum Gasteiger partial charge on any atom is -0.496 e. The van der Waals surface area contributed by atoms with Crippen molar-refractivity contribution < 1.29 is 4.74 Å². The Balaban J connectivity index is 1.70. The van der Waals surface area contributed by atoms with Crippen molar-refractivity contribution in [3.05, 3.63) is 33.7 Å². The van der Waals surface area contributed by atoms with E-state index in [1.165, 1.54) is 0 Å². The quantitative estimate of drug-likeness (QED) is 0.510. The lowest BCUT2D eigenvalue weighted by molar-refractivity contribution is 0.416. The van der Waals surface area contributed by atoms with Crippen molar-refractivity contribution in [1.82, 2.24) is 15.2 Å². The molecule has 3 aromatic rings. The lowest BCUT2D eigenvalue weighted by Crippen LogP contribution is -1.94. The number of benzene rings is 1. The first-order chi connectivity index (χ1) is 11.7. The zero-order valence-corrected chi connectivity index (χ0v) is 17.1. The lowest BCUT2D eigenvalue weighted by Gasteiger charge is -2.06. The number of thioether (sulfide) groups is 1. The van der Waals surface area contributed by atoms with Gasteiger partial charge >= 0.3 is 0 Å². The summed E-state index contributed by atoms with van der Waals surface area (Å²) in [4.78, 5) is 4.73. The molecule has 2 aromatic heterocycles. The van der Waals surface area contributed by atoms with Crippen LogP contribution >= 0.6 is 50.4 Å². The Morgan fingerprint density at radius 1 is 1.33 bits per heavy atom. The molecule has 1 aromatic carbocycles. The van der Waals surface area contributed by atoms with Gasteiger partial charge in [-0.2, -0.15) is 0 Å². The number of halogens is 1. The van der Waals surface area contributed by atoms with Gasteiger partial charge in [-0.15, -0.1) is 21.5 Å². The van der Waals surface area contributed by atoms with Crippen molar-refractivity contribution in [2.24, 2.45) is 0 Å². The SMILES string of the molecule is CCNc1nnc(SCc2csc(-c3cc(Br)ccc3OC)n2)s1. The summed E-state index contributed by atoms with van der Waals surface area (Å²) in [6.45, 7) is 2.89. The van der Waals surface area contributed by atoms with Crippen LogP contribution in [0.1, 0.15) is 12.6 Å². The molecule has 3 rings (SSSR count). The molecule has 0 atom stereocenters. The molecule has 0 bridgehead atoms. The summed E-state index contributed by atoms with van der Waals surface area (Å²) in [7, 11) is 1.68. The van der Waals surface area contributed by atoms with Crippen LogP contribution in [0.5, 0.6) is 5.75 Å². The molecule has 0 radical (unpaired) electrons. The average Bonchev–Trinajstić information content (AvgIpc) is 3.22. The highest BCUT2D eigenvalue weighted by atomic mass is 79.9. The molecule has 0 saturated heterocycles. The van der Waals surface area contributed by atoms with Crippen LogP contribution in [-0.2, 0) is 5.75 Å². The van der Waals surface area contributed by atoms with E-state index in [2.05, 4.69) is 36.8 Å². The molecule has 0 unspecified atom stereocenters. The molecule has 126 valence electrons. The van der Waals surface area contributed by atoms with Gasteiger partial charge in [-0.3, -0.25) is 0 Å². The van der Waals surface area contributed by atoms with Crippen LogP contribution in [0.4, 0.5) is 5.13 Å². The minimum absolute atomic E-state index is 0.771. The molecule has 1 N–H and O–H groups in total. The van der Waals surface area contributed by atoms with Crippen LogP contribution < -0.4 is 10.1 Å². The number of nitrogens with zero attached hydrogens (tertiary/aromatic N) is 3. The van der Waals surface area contributed by atoms with E-state index < -0.39 is 0 Å². The summed E-state index contributed by atoms with van der Waals surface area (Å²) in [5.74, 6) is 1.60. The standard InChI is InChI=1S/C15H15BrN4OS3/c1-3-17-14-19-20-15(24-14)23-8-10-7-22-13(18-10)11-6-9(16)4-5-12(11)21-2/h4-7H,3,8H2,1-2H3,(H,17,19). The zero-order valence-electron chi connectivity index (χ0n) is 13.1. The Bertz CT molecular complexity index is 821. The number of aromatic nitrogens is 3. The van der Waals surface area contributed by atoms with Crippen molar-refractivity contribution >= 4 is 55.5 Å². The first-order valence-electron chi connectivity index (χ1n) is 7.18. The third-order valence-electron chi connectivity index (χ3n) is 3.02. The van der Waals surface area contributed by atoms with E-state index in [0.29, 0.717) is 0 Å². The Hall–Kier alpha value is -1.16. The van der Waals surface area contributed by atoms with Gasteiger partial charge in [-0.05, 0) is 25.1 Å². The maximum absolute atomic E-state index is 5.44. The molecule has 2 heterocycles. The summed E-state index contributed by atoms with van der Waals surface area (Å²) in [6.07, 6.45) is 0. The normalized spacial score (nSPS) is 10.8. The Morgan fingerprint density at radius 2 is 2.21 bits per heavy atom. The van der Waals surface area contributed by atoms with Crippen LogP contribution in [0.2, 0.25) is 0 Å². The van der Waals surface area contributed by atoms with Gasteiger partial charge in [-0.1, -0.05) is 39.0 Å². The van der Waals surface area contributed by atoms with Crippen molar-refractivity contribution in [1.29, 1.82) is 0 Å². The number of nitrogens with one attached hydrogen (secondary N) is 1. The predicted molar refractivity (Wildman–Crippen MR) is 105 cm³/mol. The van der Waals surface area contributed by atoms with E-state index in [0.717, 1.165) is 48.3 Å². The molecule has 0 spiro atoms. The molecule has 0 fully saturated rings. The molecular formula is C15H15BrN4OS3. The molecule has 0 aliphatic rings. The van der Waals surface area contributed by atoms with Crippen molar-refractivity contribution in [2.45, 2.75) is 17.0 Å². The number of hydrogen-bond acceptors (Lipinski definition) is 8. The third-order valence-corrected chi connectivity index (χ3v) is 6.49. The van der Waals surface area contributed by atoms with Crippen molar-refractivity contribution in [2.75, 3.05) is 19.0 Å². The molecule has 0 saturated carbocycles. The largest absolute Gasteiger partial charge is 0.496 e. The fourth-order valence-electron chi connectivity index (χ4n) is 1.97. The highest BCUT2D eigenvalue weighted by Crippen LogP contribution is 2.36. The summed E-state index contributed by atoms with van der Waals surface area (Å²) >= 11 is 8.34. The Labute approximate surface area is 161 Å². The van der Waals surface area contributed by atoms with Gasteiger partial charge in [0.25, 0.3) is 0 Å². The highest BCUT2D eigenvalue weighted by Gasteiger charge is 2.12. The van der Waals surface area contributed by atoms with Gasteiger partial charge in [0, 0.05) is 22.2 Å². The molecule has 5 nitrogen and oxygen atoms in total. The number of thiazole rings is 1. The van der Waals surface area contributed by atoms with E-state index in [-0.39, 0.29) is 0 Å². The minimum atomic E-state index is 0.771. The first-order valence-corrected chi connectivity index (χ1v) is 10.7. The van der Waals surface area contributed by atoms with Gasteiger partial charge < -0.3 is 10.1 Å². The van der Waals surface area contributed by atoms with Crippen molar-refractivity contribution in [3.8, 4) is 16.3 Å². The topological polar surface area (TPSA) is 59.9 Å². The number of methoxy groups -OCH3 is 1. The monoisotopic (exact) mass is 442 g/mol. The second kappa shape index (κ2) is 8.28. The molecular weight excluding hydrogens is 428 g/mol. The molecule has 0 aliphatic carbocycles. The summed E-state index contributed by atoms with van der Waals surface area (Å²) in [5.41, 5.74) is 2.03. The van der Waals surface area contributed by atoms with Gasteiger partial charge in [0.15, 0.2) is 4.34 Å². The predicted octanol–water partition coefficient (Wildman–Crippen LogP) is 5.16. The number of ether oxygens (including phenoxy) is 1. The van der Waals surface area contributed by atoms with Gasteiger partial charge in [0.2, 0.25) is 5.13 Å². The summed E-state index contributed by atoms with van der Waals surface area (Å²) < 4.78 is 7.39. The van der Waals surface area contributed by atoms with E-state index in [1.807, 2.05) is 25.1 Å². The summed E-state index contributed by atoms with van der Waals surface area (Å²) in [5, 5.41) is 15.3. The van der Waals surface area contributed by atoms with Gasteiger partial charge in [-0.25, -0.2) is 4.98 Å². The number of anilines is 1. The molecule has 24 heavy (non-hydrogen) atoms. The van der Waals surface area contributed by atoms with Crippen LogP contribution in [0.25, 0.3) is 10.6 Å². The summed E-state index contributed by atoms with van der Waals surface area (Å²) in [6, 6.07) is 5.94. The fourth-order valence-corrected chi connectivity index (χ4v) is 4.99. The maximum atomic E-state index is 5.44. The van der Waals surface area contributed by atoms with Gasteiger partial charge in [0.1, 0.15) is 10.8 Å². The fraction of sp³-hybridized carbons (Fsp3) is 0.267. The lowest BCUT2D eigenvalue weighted by atomic mass is 10.2. The van der Waals surface area contributed by atoms with Gasteiger partial charge in [0.05, 0.1) is 18.4 Å². The molecule has 0 aliphatic heterocycles. The van der Waals surface area contributed by atoms with Crippen LogP contribution in [-0.4, -0.2) is 28.8 Å². The maximum Gasteiger partial charge on any atom is 0.206 e. The highest BCUT2D eigenvalue weighted by molar-refractivity contribution is 9.10. The zero-order chi connectivity index (χ0) is 16.9. The van der Waals surface area contributed by atoms with E-state index in [9.17, 15) is 0 Å². The van der Waals surface area contributed by atoms with Crippen LogP contribution in [0, 0.1) is 0 Å². The van der Waals surface area contributed by atoms with E-state index >= 15 is 0 Å². The van der Waals surface area contributed by atoms with E-state index in [1.54, 1.807) is 41.5 Å². The third kappa shape index (κ3) is 4.27. The van der Waals surface area contributed by atoms with E-state index in [4.69, 9.17) is 9.72 Å². The second-order valence-corrected chi connectivity index (χ2v) is 8.65. The Morgan fingerprint density at radius 3 is 3.00 bits per heavy atom. The number of rotatable bonds is 7. The first kappa shape index (κ1) is 17.7. The second-order valence-electron chi connectivity index (χ2n) is 4.68. The number of hydrogen-bond donors (Lipinski definition) is 1. The molecule has 0 amide bonds. The molecule has 9 heteroatoms. The van der Waals surface area contributed by atoms with Crippen LogP contribution in [0.15, 0.2) is 32.4 Å². The average molecular weight is 443 g/mol. The smallest absolute Gasteiger partial charge is 0.206 e. The van der Waals surface area contributed by atoms with Crippen molar-refractivity contribution in [3.63, 3.8) is 0 Å². The van der Waals surface area contributed by atoms with Crippen LogP contribution in [0.3, 0.4) is 0 Å². The Kier molecular flexibility index (Phi) is 6.09.